The maximum Gasteiger partial charge on any atom is 0.253 e. The van der Waals surface area contributed by atoms with Crippen molar-refractivity contribution in [2.45, 2.75) is 95.9 Å². The second-order valence-corrected chi connectivity index (χ2v) is 13.0. The summed E-state index contributed by atoms with van der Waals surface area (Å²) in [6.07, 6.45) is 5.95. The summed E-state index contributed by atoms with van der Waals surface area (Å²) in [6, 6.07) is 6.76. The molecule has 3 fully saturated rings. The zero-order chi connectivity index (χ0) is 30.9. The summed E-state index contributed by atoms with van der Waals surface area (Å²) in [5.41, 5.74) is 3.72. The van der Waals surface area contributed by atoms with E-state index in [4.69, 9.17) is 0 Å². The van der Waals surface area contributed by atoms with Crippen LogP contribution in [0.3, 0.4) is 0 Å². The zero-order valence-electron chi connectivity index (χ0n) is 26.8. The summed E-state index contributed by atoms with van der Waals surface area (Å²) in [5.74, 6) is -0.287. The molecule has 1 aromatic carbocycles. The number of nitrogens with zero attached hydrogens (tertiary/aromatic N) is 4. The Morgan fingerprint density at radius 2 is 1.73 bits per heavy atom. The molecule has 11 heteroatoms. The second kappa shape index (κ2) is 14.0. The lowest BCUT2D eigenvalue weighted by molar-refractivity contribution is -0.166. The van der Waals surface area contributed by atoms with Crippen molar-refractivity contribution in [3.05, 3.63) is 52.3 Å². The van der Waals surface area contributed by atoms with Crippen LogP contribution in [0.15, 0.2) is 24.3 Å². The van der Waals surface area contributed by atoms with Crippen LogP contribution in [0.4, 0.5) is 0 Å². The van der Waals surface area contributed by atoms with Gasteiger partial charge in [0.25, 0.3) is 5.91 Å². The number of likely N-dealkylation sites (tertiary alicyclic amines) is 1. The highest BCUT2D eigenvalue weighted by molar-refractivity contribution is 6.00. The van der Waals surface area contributed by atoms with Gasteiger partial charge in [0.1, 0.15) is 11.6 Å². The summed E-state index contributed by atoms with van der Waals surface area (Å²) < 4.78 is 0. The first-order valence-electron chi connectivity index (χ1n) is 16.0. The third kappa shape index (κ3) is 6.26. The predicted molar refractivity (Wildman–Crippen MR) is 172 cm³/mol. The molecular weight excluding hydrogens is 580 g/mol. The number of aliphatic hydroxyl groups is 1. The number of benzene rings is 1. The average molecular weight is 629 g/mol. The topological polar surface area (TPSA) is 122 Å². The third-order valence-electron chi connectivity index (χ3n) is 10.0. The van der Waals surface area contributed by atoms with Crippen LogP contribution in [-0.2, 0) is 9.59 Å². The van der Waals surface area contributed by atoms with Gasteiger partial charge in [-0.2, -0.15) is 5.10 Å². The summed E-state index contributed by atoms with van der Waals surface area (Å²) in [7, 11) is 3.49. The summed E-state index contributed by atoms with van der Waals surface area (Å²) in [5, 5.41) is 21.9. The van der Waals surface area contributed by atoms with Crippen LogP contribution in [0.1, 0.15) is 97.2 Å². The van der Waals surface area contributed by atoms with Gasteiger partial charge in [0, 0.05) is 50.6 Å². The van der Waals surface area contributed by atoms with Crippen molar-refractivity contribution >= 4 is 30.1 Å². The quantitative estimate of drug-likeness (QED) is 0.409. The molecule has 1 spiro atoms. The Hall–Kier alpha value is -2.95. The fourth-order valence-electron chi connectivity index (χ4n) is 7.60. The Morgan fingerprint density at radius 3 is 2.27 bits per heavy atom. The molecular formula is C33H49ClN6O4. The SMILES string of the molecule is CCCN1C(=O)[C@@H]([C@H](O)C2CCCCC2)NC(=O)C12CCN(C(c1ccc(C(=O)N(C)C)cc1)c1c(C)n[nH]c1C)CC2.Cl. The van der Waals surface area contributed by atoms with E-state index in [9.17, 15) is 19.5 Å². The lowest BCUT2D eigenvalue weighted by atomic mass is 9.77. The minimum atomic E-state index is -0.931. The van der Waals surface area contributed by atoms with E-state index in [-0.39, 0.29) is 42.1 Å². The van der Waals surface area contributed by atoms with Crippen LogP contribution in [0.5, 0.6) is 0 Å². The van der Waals surface area contributed by atoms with Gasteiger partial charge >= 0.3 is 0 Å². The lowest BCUT2D eigenvalue weighted by Crippen LogP contribution is -2.75. The first-order valence-corrected chi connectivity index (χ1v) is 16.0. The zero-order valence-corrected chi connectivity index (χ0v) is 27.6. The maximum absolute atomic E-state index is 14.0. The van der Waals surface area contributed by atoms with E-state index in [1.807, 2.05) is 45.0 Å². The maximum atomic E-state index is 14.0. The smallest absolute Gasteiger partial charge is 0.253 e. The number of rotatable bonds is 8. The molecule has 2 aliphatic heterocycles. The average Bonchev–Trinajstić information content (AvgIpc) is 3.35. The van der Waals surface area contributed by atoms with Crippen LogP contribution >= 0.6 is 12.4 Å². The first kappa shape index (κ1) is 33.9. The minimum Gasteiger partial charge on any atom is -0.390 e. The molecule has 3 heterocycles. The van der Waals surface area contributed by atoms with Gasteiger partial charge < -0.3 is 20.2 Å². The molecule has 5 rings (SSSR count). The van der Waals surface area contributed by atoms with E-state index >= 15 is 0 Å². The largest absolute Gasteiger partial charge is 0.390 e. The molecule has 3 amide bonds. The number of carbonyl (C=O) groups is 3. The van der Waals surface area contributed by atoms with Gasteiger partial charge in [-0.1, -0.05) is 38.3 Å². The predicted octanol–water partition coefficient (Wildman–Crippen LogP) is 3.75. The molecule has 1 unspecified atom stereocenters. The standard InChI is InChI=1S/C33H48N6O4.ClH/c1-6-18-39-31(42)27(29(40)24-10-8-7-9-11-24)34-32(43)33(39)16-19-38(20-17-33)28(26-21(2)35-36-22(26)3)23-12-14-25(15-13-23)30(41)37(4)5;/h12-15,24,27-29,40H,6-11,16-20H2,1-5H3,(H,34,43)(H,35,36);1H/t27-,28?,29-;/m1./s1. The molecule has 242 valence electrons. The number of aryl methyl sites for hydroxylation is 2. The molecule has 2 saturated heterocycles. The molecule has 3 N–H and O–H groups in total. The number of hydrogen-bond donors (Lipinski definition) is 3. The number of halogens is 1. The van der Waals surface area contributed by atoms with Crippen LogP contribution in [0.25, 0.3) is 0 Å². The van der Waals surface area contributed by atoms with Crippen molar-refractivity contribution in [1.82, 2.24) is 30.2 Å². The Bertz CT molecular complexity index is 1290. The van der Waals surface area contributed by atoms with E-state index in [1.165, 1.54) is 0 Å². The number of amides is 3. The highest BCUT2D eigenvalue weighted by Crippen LogP contribution is 2.40. The molecule has 1 aromatic heterocycles. The van der Waals surface area contributed by atoms with Gasteiger partial charge in [0.05, 0.1) is 17.8 Å². The van der Waals surface area contributed by atoms with Gasteiger partial charge in [-0.3, -0.25) is 24.4 Å². The lowest BCUT2D eigenvalue weighted by Gasteiger charge is -2.53. The van der Waals surface area contributed by atoms with Gasteiger partial charge in [-0.05, 0) is 69.6 Å². The highest BCUT2D eigenvalue weighted by Gasteiger charge is 2.55. The van der Waals surface area contributed by atoms with E-state index in [2.05, 4.69) is 20.4 Å². The summed E-state index contributed by atoms with van der Waals surface area (Å²) in [6.45, 7) is 7.74. The Morgan fingerprint density at radius 1 is 1.09 bits per heavy atom. The number of piperazine rings is 1. The van der Waals surface area contributed by atoms with Crippen molar-refractivity contribution in [1.29, 1.82) is 0 Å². The Balaban J connectivity index is 0.00000442. The van der Waals surface area contributed by atoms with Gasteiger partial charge in [-0.25, -0.2) is 0 Å². The number of aromatic nitrogens is 2. The number of aromatic amines is 1. The Kier molecular flexibility index (Phi) is 10.8. The molecule has 0 radical (unpaired) electrons. The minimum absolute atomic E-state index is 0. The van der Waals surface area contributed by atoms with Crippen LogP contribution in [0, 0.1) is 19.8 Å². The summed E-state index contributed by atoms with van der Waals surface area (Å²) >= 11 is 0. The molecule has 3 atom stereocenters. The van der Waals surface area contributed by atoms with E-state index in [0.717, 1.165) is 61.0 Å². The fourth-order valence-corrected chi connectivity index (χ4v) is 7.60. The normalized spacial score (nSPS) is 22.3. The molecule has 1 aliphatic carbocycles. The van der Waals surface area contributed by atoms with Crippen LogP contribution < -0.4 is 5.32 Å². The number of H-pyrrole nitrogens is 1. The van der Waals surface area contributed by atoms with E-state index in [0.29, 0.717) is 38.0 Å². The summed E-state index contributed by atoms with van der Waals surface area (Å²) in [4.78, 5) is 46.2. The first-order chi connectivity index (χ1) is 20.6. The highest BCUT2D eigenvalue weighted by atomic mass is 35.5. The number of hydrogen-bond acceptors (Lipinski definition) is 6. The van der Waals surface area contributed by atoms with Crippen molar-refractivity contribution in [2.24, 2.45) is 5.92 Å². The molecule has 1 saturated carbocycles. The van der Waals surface area contributed by atoms with Crippen LogP contribution in [0.2, 0.25) is 0 Å². The fraction of sp³-hybridized carbons (Fsp3) is 0.636. The molecule has 44 heavy (non-hydrogen) atoms. The van der Waals surface area contributed by atoms with E-state index in [1.54, 1.807) is 23.9 Å². The monoisotopic (exact) mass is 628 g/mol. The number of piperidine rings is 1. The van der Waals surface area contributed by atoms with Crippen LogP contribution in [-0.4, -0.2) is 99.1 Å². The third-order valence-corrected chi connectivity index (χ3v) is 10.0. The molecule has 3 aliphatic rings. The molecule has 10 nitrogen and oxygen atoms in total. The van der Waals surface area contributed by atoms with Gasteiger partial charge in [0.15, 0.2) is 0 Å². The van der Waals surface area contributed by atoms with Gasteiger partial charge in [-0.15, -0.1) is 12.4 Å². The van der Waals surface area contributed by atoms with Crippen molar-refractivity contribution in [3.8, 4) is 0 Å². The van der Waals surface area contributed by atoms with Crippen molar-refractivity contribution in [3.63, 3.8) is 0 Å². The van der Waals surface area contributed by atoms with Crippen molar-refractivity contribution < 1.29 is 19.5 Å². The Labute approximate surface area is 267 Å². The number of nitrogens with one attached hydrogen (secondary N) is 2. The van der Waals surface area contributed by atoms with Gasteiger partial charge in [0.2, 0.25) is 11.8 Å². The van der Waals surface area contributed by atoms with E-state index < -0.39 is 17.7 Å². The number of carbonyl (C=O) groups excluding carboxylic acids is 3. The number of aliphatic hydroxyl groups excluding tert-OH is 1. The molecule has 2 aromatic rings. The molecule has 0 bridgehead atoms. The second-order valence-electron chi connectivity index (χ2n) is 13.0. The van der Waals surface area contributed by atoms with Crippen molar-refractivity contribution in [2.75, 3.05) is 33.7 Å².